The molecule has 2 aliphatic heterocycles. The zero-order valence-corrected chi connectivity index (χ0v) is 43.9. The summed E-state index contributed by atoms with van der Waals surface area (Å²) >= 11 is 5.76. The fourth-order valence-corrected chi connectivity index (χ4v) is 12.8. The van der Waals surface area contributed by atoms with Crippen molar-refractivity contribution in [1.29, 1.82) is 0 Å². The number of aromatic nitrogens is 4. The highest BCUT2D eigenvalue weighted by atomic mass is 32.5. The molecular weight excluding hydrogens is 1060 g/mol. The second-order valence-corrected chi connectivity index (χ2v) is 23.8. The minimum absolute atomic E-state index is 0.0339. The Hall–Kier alpha value is -5.54. The highest BCUT2D eigenvalue weighted by Crippen LogP contribution is 2.66. The molecule has 73 heavy (non-hydrogen) atoms. The number of nitrogens with two attached hydrogens (primary N) is 1. The van der Waals surface area contributed by atoms with Crippen molar-refractivity contribution in [2.24, 2.45) is 0 Å². The lowest BCUT2D eigenvalue weighted by Crippen LogP contribution is -2.41. The predicted octanol–water partition coefficient (Wildman–Crippen LogP) is 2.27. The summed E-state index contributed by atoms with van der Waals surface area (Å²) in [4.78, 5) is 106. The minimum Gasteiger partial charge on any atom is -0.439 e. The summed E-state index contributed by atoms with van der Waals surface area (Å²) in [6, 6.07) is 20.1. The minimum atomic E-state index is -5.69. The van der Waals surface area contributed by atoms with Crippen LogP contribution in [0.25, 0.3) is 42.8 Å². The first-order valence-electron chi connectivity index (χ1n) is 21.9. The number of aliphatic hydroxyl groups excluding tert-OH is 1. The Morgan fingerprint density at radius 3 is 2.42 bits per heavy atom. The molecule has 1 fully saturated rings. The second-order valence-electron chi connectivity index (χ2n) is 16.9. The number of phosphoric acid groups is 2. The molecule has 1 saturated heterocycles. The molecule has 1 aliphatic carbocycles. The smallest absolute Gasteiger partial charge is 0.439 e. The highest BCUT2D eigenvalue weighted by molar-refractivity contribution is 8.08. The maximum atomic E-state index is 14.2. The lowest BCUT2D eigenvalue weighted by molar-refractivity contribution is -0.121. The first-order chi connectivity index (χ1) is 34.3. The van der Waals surface area contributed by atoms with Crippen LogP contribution in [-0.2, 0) is 48.4 Å². The molecule has 4 heterocycles. The lowest BCUT2D eigenvalue weighted by atomic mass is 9.91. The summed E-state index contributed by atoms with van der Waals surface area (Å²) < 4.78 is 52.5. The van der Waals surface area contributed by atoms with Gasteiger partial charge in [-0.15, -0.1) is 11.3 Å². The Balaban J connectivity index is 0.951. The van der Waals surface area contributed by atoms with Gasteiger partial charge in [0.25, 0.3) is 11.5 Å². The van der Waals surface area contributed by atoms with Crippen molar-refractivity contribution in [3.05, 3.63) is 88.3 Å². The molecule has 2 aromatic heterocycles. The van der Waals surface area contributed by atoms with E-state index in [1.165, 1.54) is 0 Å². The number of fused-ring (bicyclic) bond motifs is 3. The van der Waals surface area contributed by atoms with Crippen LogP contribution in [-0.4, -0.2) is 147 Å². The van der Waals surface area contributed by atoms with E-state index in [1.807, 2.05) is 55.9 Å². The van der Waals surface area contributed by atoms with Gasteiger partial charge in [0.15, 0.2) is 23.5 Å². The number of hydrogen-bond donors (Lipinski definition) is 9. The molecular formula is C42H52N10O16P3S2+. The normalized spacial score (nSPS) is 18.5. The third kappa shape index (κ3) is 13.4. The molecule has 3 amide bonds. The number of ether oxygens (including phenoxy) is 2. The van der Waals surface area contributed by atoms with Gasteiger partial charge in [0.1, 0.15) is 26.3 Å². The Morgan fingerprint density at radius 1 is 0.986 bits per heavy atom. The maximum absolute atomic E-state index is 14.2. The monoisotopic (exact) mass is 1110 g/mol. The number of phosphoric ester groups is 1. The van der Waals surface area contributed by atoms with Gasteiger partial charge in [0.05, 0.1) is 12.9 Å². The molecule has 6 atom stereocenters. The van der Waals surface area contributed by atoms with Gasteiger partial charge < -0.3 is 60.3 Å². The number of imidazole rings is 1. The number of nitrogen functional groups attached to an aromatic ring is 1. The van der Waals surface area contributed by atoms with Crippen LogP contribution in [0.15, 0.2) is 71.8 Å². The van der Waals surface area contributed by atoms with Crippen LogP contribution in [0.5, 0.6) is 0 Å². The van der Waals surface area contributed by atoms with Crippen LogP contribution < -0.4 is 36.8 Å². The first-order valence-corrected chi connectivity index (χ1v) is 28.3. The van der Waals surface area contributed by atoms with E-state index < -0.39 is 65.2 Å². The van der Waals surface area contributed by atoms with Crippen LogP contribution in [0.1, 0.15) is 29.4 Å². The molecule has 10 N–H and O–H groups in total. The fraction of sp³-hybridized carbons (Fsp3) is 0.357. The summed E-state index contributed by atoms with van der Waals surface area (Å²) in [5, 5.41) is 18.4. The molecule has 26 nitrogen and oxygen atoms in total. The van der Waals surface area contributed by atoms with Crippen molar-refractivity contribution < 1.29 is 70.8 Å². The van der Waals surface area contributed by atoms with Crippen molar-refractivity contribution in [3.8, 4) is 21.6 Å². The van der Waals surface area contributed by atoms with Gasteiger partial charge in [-0.1, -0.05) is 24.3 Å². The van der Waals surface area contributed by atoms with Crippen LogP contribution >= 0.6 is 33.7 Å². The molecule has 2 aromatic carbocycles. The SMILES string of the molecule is CN(CCCC(=O)NCCNC(=O)O[C@@H]1[C@H](O)[C@@H](COP(=O)(O)OP(=O)(O)OP(O)(O)=S)O[C@H]1n1cnc2c(=O)[nH]c(N)nc21)C(=O)c1ccccc1-c1c2ccc(=[N+](C)C)cc-2sc2cc(N(C)C)ccc12. The van der Waals surface area contributed by atoms with Crippen molar-refractivity contribution in [1.82, 2.24) is 39.6 Å². The van der Waals surface area contributed by atoms with Crippen LogP contribution in [0.3, 0.4) is 0 Å². The van der Waals surface area contributed by atoms with Gasteiger partial charge in [0.2, 0.25) is 17.2 Å². The summed E-state index contributed by atoms with van der Waals surface area (Å²) in [5.41, 5.74) is 8.81. The number of alkyl carbamates (subject to hydrolysis) is 1. The van der Waals surface area contributed by atoms with Gasteiger partial charge >= 0.3 is 28.5 Å². The summed E-state index contributed by atoms with van der Waals surface area (Å²) in [6.07, 6.45) is -6.59. The number of benzene rings is 3. The average molecular weight is 1110 g/mol. The second kappa shape index (κ2) is 22.5. The number of aromatic amines is 1. The van der Waals surface area contributed by atoms with Crippen molar-refractivity contribution in [2.45, 2.75) is 37.4 Å². The Labute approximate surface area is 424 Å². The fourth-order valence-electron chi connectivity index (χ4n) is 7.81. The average Bonchev–Trinajstić information content (AvgIpc) is 3.86. The van der Waals surface area contributed by atoms with Gasteiger partial charge in [0, 0.05) is 91.1 Å². The summed E-state index contributed by atoms with van der Waals surface area (Å²) in [6.45, 7) is -5.96. The summed E-state index contributed by atoms with van der Waals surface area (Å²) in [7, 11) is -1.65. The number of carbonyl (C=O) groups excluding carboxylic acids is 3. The highest BCUT2D eigenvalue weighted by Gasteiger charge is 2.49. The van der Waals surface area contributed by atoms with Crippen LogP contribution in [0, 0.1) is 0 Å². The van der Waals surface area contributed by atoms with Crippen molar-refractivity contribution >= 4 is 96.3 Å². The van der Waals surface area contributed by atoms with Crippen molar-refractivity contribution in [3.63, 3.8) is 0 Å². The molecule has 3 aliphatic rings. The maximum Gasteiger partial charge on any atom is 0.488 e. The number of carbonyl (C=O) groups is 3. The zero-order valence-electron chi connectivity index (χ0n) is 39.5. The number of aliphatic hydroxyl groups is 1. The number of H-pyrrole nitrogens is 1. The number of nitrogens with one attached hydrogen (secondary N) is 3. The summed E-state index contributed by atoms with van der Waals surface area (Å²) in [5.74, 6) is -0.945. The molecule has 0 radical (unpaired) electrons. The topological polar surface area (TPSA) is 356 Å². The predicted molar refractivity (Wildman–Crippen MR) is 272 cm³/mol. The molecule has 0 spiro atoms. The Morgan fingerprint density at radius 2 is 1.71 bits per heavy atom. The van der Waals surface area contributed by atoms with E-state index in [0.717, 1.165) is 53.6 Å². The molecule has 2 unspecified atom stereocenters. The third-order valence-corrected chi connectivity index (χ3v) is 16.7. The van der Waals surface area contributed by atoms with Gasteiger partial charge in [-0.05, 0) is 53.6 Å². The number of anilines is 2. The largest absolute Gasteiger partial charge is 0.488 e. The van der Waals surface area contributed by atoms with E-state index in [1.54, 1.807) is 29.4 Å². The van der Waals surface area contributed by atoms with Crippen LogP contribution in [0.4, 0.5) is 16.4 Å². The van der Waals surface area contributed by atoms with E-state index in [9.17, 15) is 43.2 Å². The number of rotatable bonds is 19. The number of hydrogen-bond acceptors (Lipinski definition) is 18. The van der Waals surface area contributed by atoms with Gasteiger partial charge in [-0.25, -0.2) is 27.8 Å². The van der Waals surface area contributed by atoms with Gasteiger partial charge in [-0.2, -0.15) is 9.29 Å². The molecule has 392 valence electrons. The molecule has 4 aromatic rings. The standard InChI is InChI=1S/C42H51N10O16P3S2/c1-49(2)23-12-14-27-30(19-23)73-31-20-24(50(3)4)13-15-28(31)33(27)25-9-6-7-10-26(25)39(56)51(5)18-8-11-32(53)44-16-17-45-42(57)66-36-35(54)29(21-64-69(58,59)67-70(60,61)68-71(62,63)72)65-40(36)52-22-46-34-37(52)47-41(43)48-38(34)55/h6-7,9-10,12-15,19-20,22,29,35-36,40,54H,8,11,16-18,21H2,1-5H3,(H8-,43,44,45,47,48,53,55,57,58,59,60,61,62,63,72)/p+1/t29-,35-,36-,40-/m1/s1. The first kappa shape index (κ1) is 55.2. The Bertz CT molecular complexity index is 3330. The van der Waals surface area contributed by atoms with Crippen molar-refractivity contribution in [2.75, 3.05) is 72.1 Å². The van der Waals surface area contributed by atoms with E-state index in [-0.39, 0.29) is 55.0 Å². The number of amides is 3. The molecule has 31 heteroatoms. The third-order valence-electron chi connectivity index (χ3n) is 11.2. The molecule has 7 rings (SSSR count). The van der Waals surface area contributed by atoms with Crippen LogP contribution in [0.2, 0.25) is 0 Å². The molecule has 0 bridgehead atoms. The van der Waals surface area contributed by atoms with E-state index >= 15 is 0 Å². The van der Waals surface area contributed by atoms with Gasteiger partial charge in [-0.3, -0.25) is 28.5 Å². The lowest BCUT2D eigenvalue weighted by Gasteiger charge is -2.22. The number of nitrogens with zero attached hydrogens (tertiary/aromatic N) is 6. The van der Waals surface area contributed by atoms with E-state index in [4.69, 9.17) is 29.5 Å². The molecule has 0 saturated carbocycles. The Kier molecular flexibility index (Phi) is 17.0. The quantitative estimate of drug-likeness (QED) is 0.0243. The van der Waals surface area contributed by atoms with E-state index in [0.29, 0.717) is 12.0 Å². The zero-order chi connectivity index (χ0) is 53.2. The van der Waals surface area contributed by atoms with E-state index in [2.05, 4.69) is 82.4 Å².